The van der Waals surface area contributed by atoms with Gasteiger partial charge in [0, 0.05) is 11.4 Å². The van der Waals surface area contributed by atoms with Crippen molar-refractivity contribution in [3.05, 3.63) is 27.7 Å². The van der Waals surface area contributed by atoms with Gasteiger partial charge in [0.2, 0.25) is 0 Å². The highest BCUT2D eigenvalue weighted by Gasteiger charge is 2.22. The fourth-order valence-electron chi connectivity index (χ4n) is 3.03. The van der Waals surface area contributed by atoms with Gasteiger partial charge in [-0.1, -0.05) is 18.6 Å². The standard InChI is InChI=1S/C18H26N2O2S2/c1-4-14-12(2)24-16(15(14)17(21)22-3)20-18(23)19-11-10-13-8-6-5-7-9-13/h8H,4-7,9-11H2,1-3H3,(H2,19,20,23). The molecule has 1 heterocycles. The second kappa shape index (κ2) is 9.18. The van der Waals surface area contributed by atoms with E-state index in [1.165, 1.54) is 38.4 Å². The normalized spacial score (nSPS) is 14.0. The molecule has 2 N–H and O–H groups in total. The third-order valence-electron chi connectivity index (χ3n) is 4.30. The van der Waals surface area contributed by atoms with Crippen LogP contribution in [-0.4, -0.2) is 24.7 Å². The largest absolute Gasteiger partial charge is 0.465 e. The molecule has 0 atom stereocenters. The predicted molar refractivity (Wildman–Crippen MR) is 105 cm³/mol. The number of allylic oxidation sites excluding steroid dienone is 1. The van der Waals surface area contributed by atoms with E-state index in [-0.39, 0.29) is 5.97 Å². The van der Waals surface area contributed by atoms with E-state index in [1.807, 2.05) is 13.8 Å². The van der Waals surface area contributed by atoms with Crippen LogP contribution in [0.1, 0.15) is 59.8 Å². The molecule has 0 saturated carbocycles. The predicted octanol–water partition coefficient (Wildman–Crippen LogP) is 4.58. The van der Waals surface area contributed by atoms with Crippen LogP contribution in [0.4, 0.5) is 5.00 Å². The van der Waals surface area contributed by atoms with Crippen LogP contribution in [0.2, 0.25) is 0 Å². The average Bonchev–Trinajstić information content (AvgIpc) is 2.90. The molecule has 1 aliphatic carbocycles. The van der Waals surface area contributed by atoms with Crippen molar-refractivity contribution in [3.63, 3.8) is 0 Å². The maximum absolute atomic E-state index is 12.1. The zero-order valence-electron chi connectivity index (χ0n) is 14.7. The van der Waals surface area contributed by atoms with Crippen molar-refractivity contribution in [1.82, 2.24) is 5.32 Å². The first kappa shape index (κ1) is 18.9. The van der Waals surface area contributed by atoms with E-state index < -0.39 is 0 Å². The SMILES string of the molecule is CCc1c(C)sc(NC(=S)NCCC2=CCCCC2)c1C(=O)OC. The first-order valence-electron chi connectivity index (χ1n) is 8.50. The van der Waals surface area contributed by atoms with Crippen molar-refractivity contribution < 1.29 is 9.53 Å². The lowest BCUT2D eigenvalue weighted by Gasteiger charge is -2.14. The summed E-state index contributed by atoms with van der Waals surface area (Å²) in [4.78, 5) is 13.2. The van der Waals surface area contributed by atoms with E-state index in [0.717, 1.165) is 34.8 Å². The Morgan fingerprint density at radius 1 is 1.42 bits per heavy atom. The topological polar surface area (TPSA) is 50.4 Å². The van der Waals surface area contributed by atoms with Crippen LogP contribution in [0.25, 0.3) is 0 Å². The van der Waals surface area contributed by atoms with E-state index in [4.69, 9.17) is 17.0 Å². The molecular weight excluding hydrogens is 340 g/mol. The van der Waals surface area contributed by atoms with Gasteiger partial charge in [-0.05, 0) is 63.2 Å². The fraction of sp³-hybridized carbons (Fsp3) is 0.556. The Bertz CT molecular complexity index is 635. The Morgan fingerprint density at radius 3 is 2.83 bits per heavy atom. The summed E-state index contributed by atoms with van der Waals surface area (Å²) in [6.45, 7) is 4.88. The molecule has 0 fully saturated rings. The van der Waals surface area contributed by atoms with Crippen molar-refractivity contribution in [1.29, 1.82) is 0 Å². The number of carbonyl (C=O) groups is 1. The smallest absolute Gasteiger partial charge is 0.341 e. The minimum absolute atomic E-state index is 0.311. The van der Waals surface area contributed by atoms with Crippen molar-refractivity contribution in [3.8, 4) is 0 Å². The van der Waals surface area contributed by atoms with Gasteiger partial charge in [0.15, 0.2) is 5.11 Å². The number of thiophene rings is 1. The number of hydrogen-bond acceptors (Lipinski definition) is 4. The molecule has 6 heteroatoms. The summed E-state index contributed by atoms with van der Waals surface area (Å²) < 4.78 is 4.93. The van der Waals surface area contributed by atoms with Crippen LogP contribution in [0.15, 0.2) is 11.6 Å². The van der Waals surface area contributed by atoms with Crippen LogP contribution < -0.4 is 10.6 Å². The van der Waals surface area contributed by atoms with Crippen molar-refractivity contribution in [2.45, 2.75) is 52.4 Å². The number of ether oxygens (including phenoxy) is 1. The molecule has 1 aliphatic rings. The minimum atomic E-state index is -0.311. The van der Waals surface area contributed by atoms with Gasteiger partial charge in [-0.25, -0.2) is 4.79 Å². The molecule has 1 aromatic rings. The summed E-state index contributed by atoms with van der Waals surface area (Å²) >= 11 is 6.94. The van der Waals surface area contributed by atoms with E-state index >= 15 is 0 Å². The van der Waals surface area contributed by atoms with Crippen LogP contribution in [0.5, 0.6) is 0 Å². The molecule has 0 aliphatic heterocycles. The quantitative estimate of drug-likeness (QED) is 0.438. The number of nitrogens with one attached hydrogen (secondary N) is 2. The molecule has 0 bridgehead atoms. The molecule has 0 amide bonds. The molecule has 4 nitrogen and oxygen atoms in total. The summed E-state index contributed by atoms with van der Waals surface area (Å²) in [5, 5.41) is 7.75. The van der Waals surface area contributed by atoms with Crippen LogP contribution in [-0.2, 0) is 11.2 Å². The number of rotatable bonds is 6. The van der Waals surface area contributed by atoms with Gasteiger partial charge in [0.05, 0.1) is 12.7 Å². The van der Waals surface area contributed by atoms with Crippen LogP contribution in [0.3, 0.4) is 0 Å². The van der Waals surface area contributed by atoms with Gasteiger partial charge in [0.1, 0.15) is 5.00 Å². The number of anilines is 1. The van der Waals surface area contributed by atoms with Crippen molar-refractivity contribution in [2.75, 3.05) is 19.0 Å². The first-order chi connectivity index (χ1) is 11.6. The molecule has 2 rings (SSSR count). The number of carbonyl (C=O) groups excluding carboxylic acids is 1. The molecule has 1 aromatic heterocycles. The fourth-order valence-corrected chi connectivity index (χ4v) is 4.43. The van der Waals surface area contributed by atoms with E-state index in [9.17, 15) is 4.79 Å². The lowest BCUT2D eigenvalue weighted by molar-refractivity contribution is 0.0601. The number of methoxy groups -OCH3 is 1. The zero-order valence-corrected chi connectivity index (χ0v) is 16.3. The number of thiocarbonyl (C=S) groups is 1. The van der Waals surface area contributed by atoms with E-state index in [2.05, 4.69) is 16.7 Å². The molecule has 24 heavy (non-hydrogen) atoms. The Labute approximate surface area is 153 Å². The highest BCUT2D eigenvalue weighted by molar-refractivity contribution is 7.80. The number of esters is 1. The Morgan fingerprint density at radius 2 is 2.21 bits per heavy atom. The van der Waals surface area contributed by atoms with Crippen LogP contribution >= 0.6 is 23.6 Å². The van der Waals surface area contributed by atoms with Gasteiger partial charge in [-0.2, -0.15) is 0 Å². The summed E-state index contributed by atoms with van der Waals surface area (Å²) in [6.07, 6.45) is 9.19. The lowest BCUT2D eigenvalue weighted by Crippen LogP contribution is -2.29. The summed E-state index contributed by atoms with van der Waals surface area (Å²) in [6, 6.07) is 0. The average molecular weight is 367 g/mol. The molecule has 0 aromatic carbocycles. The highest BCUT2D eigenvalue weighted by atomic mass is 32.1. The van der Waals surface area contributed by atoms with E-state index in [0.29, 0.717) is 10.7 Å². The number of aryl methyl sites for hydroxylation is 1. The van der Waals surface area contributed by atoms with Gasteiger partial charge in [0.25, 0.3) is 0 Å². The third kappa shape index (κ3) is 4.80. The maximum Gasteiger partial charge on any atom is 0.341 e. The molecule has 0 saturated heterocycles. The third-order valence-corrected chi connectivity index (χ3v) is 5.61. The summed E-state index contributed by atoms with van der Waals surface area (Å²) in [5.74, 6) is -0.311. The minimum Gasteiger partial charge on any atom is -0.465 e. The summed E-state index contributed by atoms with van der Waals surface area (Å²) in [7, 11) is 1.41. The monoisotopic (exact) mass is 366 g/mol. The molecule has 0 unspecified atom stereocenters. The Balaban J connectivity index is 1.95. The van der Waals surface area contributed by atoms with Gasteiger partial charge < -0.3 is 15.4 Å². The number of hydrogen-bond donors (Lipinski definition) is 2. The van der Waals surface area contributed by atoms with Gasteiger partial charge >= 0.3 is 5.97 Å². The van der Waals surface area contributed by atoms with Crippen LogP contribution in [0, 0.1) is 6.92 Å². The second-order valence-corrected chi connectivity index (χ2v) is 7.56. The van der Waals surface area contributed by atoms with Crippen molar-refractivity contribution in [2.24, 2.45) is 0 Å². The molecule has 0 spiro atoms. The van der Waals surface area contributed by atoms with Crippen molar-refractivity contribution >= 4 is 39.6 Å². The maximum atomic E-state index is 12.1. The molecule has 0 radical (unpaired) electrons. The van der Waals surface area contributed by atoms with Gasteiger partial charge in [-0.15, -0.1) is 11.3 Å². The lowest BCUT2D eigenvalue weighted by atomic mass is 9.97. The Kier molecular flexibility index (Phi) is 7.24. The Hall–Kier alpha value is -1.40. The highest BCUT2D eigenvalue weighted by Crippen LogP contribution is 2.33. The second-order valence-electron chi connectivity index (χ2n) is 5.93. The first-order valence-corrected chi connectivity index (χ1v) is 9.72. The summed E-state index contributed by atoms with van der Waals surface area (Å²) in [5.41, 5.74) is 3.16. The van der Waals surface area contributed by atoms with Gasteiger partial charge in [-0.3, -0.25) is 0 Å². The molecular formula is C18H26N2O2S2. The molecule has 132 valence electrons. The van der Waals surface area contributed by atoms with E-state index in [1.54, 1.807) is 11.3 Å². The zero-order chi connectivity index (χ0) is 17.5.